The molecule has 3 nitrogen and oxygen atoms in total. The van der Waals surface area contributed by atoms with Crippen molar-refractivity contribution in [3.05, 3.63) is 29.8 Å². The standard InChI is InChI=1S/C12H14O3S/c1-3-4-8-12(13)10-6-5-7-11(9-10)16(2,14)15/h1,5-7,9,12-13H,4,8H2,2H3. The van der Waals surface area contributed by atoms with Gasteiger partial charge in [-0.15, -0.1) is 12.3 Å². The van der Waals surface area contributed by atoms with E-state index in [2.05, 4.69) is 5.92 Å². The van der Waals surface area contributed by atoms with Gasteiger partial charge in [0.25, 0.3) is 0 Å². The van der Waals surface area contributed by atoms with Gasteiger partial charge in [0.2, 0.25) is 0 Å². The number of sulfone groups is 1. The molecular weight excluding hydrogens is 224 g/mol. The first-order chi connectivity index (χ1) is 7.45. The van der Waals surface area contributed by atoms with E-state index < -0.39 is 15.9 Å². The molecule has 1 unspecified atom stereocenters. The van der Waals surface area contributed by atoms with Gasteiger partial charge in [0.15, 0.2) is 9.84 Å². The molecule has 0 spiro atoms. The molecule has 86 valence electrons. The van der Waals surface area contributed by atoms with Gasteiger partial charge in [0.05, 0.1) is 11.0 Å². The van der Waals surface area contributed by atoms with E-state index in [1.165, 1.54) is 12.1 Å². The monoisotopic (exact) mass is 238 g/mol. The number of terminal acetylenes is 1. The summed E-state index contributed by atoms with van der Waals surface area (Å²) in [6.45, 7) is 0. The van der Waals surface area contributed by atoms with Gasteiger partial charge in [-0.2, -0.15) is 0 Å². The molecule has 1 aromatic rings. The molecule has 1 rings (SSSR count). The van der Waals surface area contributed by atoms with Crippen LogP contribution in [0.1, 0.15) is 24.5 Å². The minimum atomic E-state index is -3.23. The lowest BCUT2D eigenvalue weighted by Gasteiger charge is -2.10. The minimum absolute atomic E-state index is 0.213. The highest BCUT2D eigenvalue weighted by Gasteiger charge is 2.11. The Morgan fingerprint density at radius 3 is 2.75 bits per heavy atom. The number of hydrogen-bond donors (Lipinski definition) is 1. The summed E-state index contributed by atoms with van der Waals surface area (Å²) >= 11 is 0. The summed E-state index contributed by atoms with van der Waals surface area (Å²) in [7, 11) is -3.23. The van der Waals surface area contributed by atoms with Crippen molar-refractivity contribution in [2.24, 2.45) is 0 Å². The predicted molar refractivity (Wildman–Crippen MR) is 62.6 cm³/mol. The number of aliphatic hydroxyl groups is 1. The van der Waals surface area contributed by atoms with Gasteiger partial charge in [0, 0.05) is 12.7 Å². The molecule has 0 fully saturated rings. The summed E-state index contributed by atoms with van der Waals surface area (Å²) in [6.07, 6.45) is 6.42. The normalized spacial score (nSPS) is 13.1. The van der Waals surface area contributed by atoms with Crippen molar-refractivity contribution in [2.75, 3.05) is 6.26 Å². The lowest BCUT2D eigenvalue weighted by molar-refractivity contribution is 0.169. The molecule has 0 saturated carbocycles. The van der Waals surface area contributed by atoms with Crippen molar-refractivity contribution in [1.82, 2.24) is 0 Å². The molecule has 0 aromatic heterocycles. The zero-order valence-corrected chi connectivity index (χ0v) is 9.87. The first-order valence-electron chi connectivity index (χ1n) is 4.86. The molecule has 0 bridgehead atoms. The van der Waals surface area contributed by atoms with Crippen LogP contribution in [-0.4, -0.2) is 19.8 Å². The maximum absolute atomic E-state index is 11.3. The summed E-state index contributed by atoms with van der Waals surface area (Å²) in [4.78, 5) is 0.213. The van der Waals surface area contributed by atoms with Gasteiger partial charge in [-0.05, 0) is 24.1 Å². The Morgan fingerprint density at radius 2 is 2.19 bits per heavy atom. The highest BCUT2D eigenvalue weighted by molar-refractivity contribution is 7.90. The number of rotatable bonds is 4. The van der Waals surface area contributed by atoms with Gasteiger partial charge in [-0.3, -0.25) is 0 Å². The third-order valence-corrected chi connectivity index (χ3v) is 3.34. The highest BCUT2D eigenvalue weighted by atomic mass is 32.2. The van der Waals surface area contributed by atoms with Gasteiger partial charge >= 0.3 is 0 Å². The van der Waals surface area contributed by atoms with Crippen LogP contribution in [0.5, 0.6) is 0 Å². The van der Waals surface area contributed by atoms with E-state index in [4.69, 9.17) is 6.42 Å². The molecule has 1 atom stereocenters. The molecule has 0 saturated heterocycles. The van der Waals surface area contributed by atoms with Gasteiger partial charge in [0.1, 0.15) is 0 Å². The second kappa shape index (κ2) is 5.15. The molecule has 0 radical (unpaired) electrons. The van der Waals surface area contributed by atoms with Crippen molar-refractivity contribution in [1.29, 1.82) is 0 Å². The van der Waals surface area contributed by atoms with Crippen LogP contribution in [0.3, 0.4) is 0 Å². The molecule has 0 heterocycles. The first-order valence-corrected chi connectivity index (χ1v) is 6.76. The molecule has 0 aliphatic rings. The van der Waals surface area contributed by atoms with Gasteiger partial charge in [-0.25, -0.2) is 8.42 Å². The third-order valence-electron chi connectivity index (χ3n) is 2.23. The molecule has 0 amide bonds. The fourth-order valence-electron chi connectivity index (χ4n) is 1.34. The summed E-state index contributed by atoms with van der Waals surface area (Å²) in [6, 6.07) is 6.30. The molecule has 0 aliphatic heterocycles. The van der Waals surface area contributed by atoms with Crippen LogP contribution in [0.15, 0.2) is 29.2 Å². The fourth-order valence-corrected chi connectivity index (χ4v) is 2.02. The maximum atomic E-state index is 11.3. The van der Waals surface area contributed by atoms with E-state index in [-0.39, 0.29) is 4.90 Å². The highest BCUT2D eigenvalue weighted by Crippen LogP contribution is 2.21. The van der Waals surface area contributed by atoms with Crippen LogP contribution >= 0.6 is 0 Å². The van der Waals surface area contributed by atoms with Crippen LogP contribution in [0.2, 0.25) is 0 Å². The van der Waals surface area contributed by atoms with Crippen LogP contribution < -0.4 is 0 Å². The summed E-state index contributed by atoms with van der Waals surface area (Å²) in [5, 5.41) is 9.75. The second-order valence-corrected chi connectivity index (χ2v) is 5.62. The molecule has 0 aliphatic carbocycles. The SMILES string of the molecule is C#CCCC(O)c1cccc(S(C)(=O)=O)c1. The zero-order chi connectivity index (χ0) is 12.2. The minimum Gasteiger partial charge on any atom is -0.388 e. The Morgan fingerprint density at radius 1 is 1.50 bits per heavy atom. The van der Waals surface area contributed by atoms with Crippen molar-refractivity contribution in [3.8, 4) is 12.3 Å². The number of benzene rings is 1. The van der Waals surface area contributed by atoms with Crippen molar-refractivity contribution < 1.29 is 13.5 Å². The van der Waals surface area contributed by atoms with Gasteiger partial charge in [-0.1, -0.05) is 12.1 Å². The van der Waals surface area contributed by atoms with E-state index in [0.717, 1.165) is 6.26 Å². The molecule has 4 heteroatoms. The third kappa shape index (κ3) is 3.37. The average Bonchev–Trinajstić information content (AvgIpc) is 2.25. The van der Waals surface area contributed by atoms with Crippen LogP contribution in [-0.2, 0) is 9.84 Å². The molecule has 1 aromatic carbocycles. The lowest BCUT2D eigenvalue weighted by Crippen LogP contribution is -2.01. The zero-order valence-electron chi connectivity index (χ0n) is 9.05. The Kier molecular flexibility index (Phi) is 4.11. The topological polar surface area (TPSA) is 54.4 Å². The van der Waals surface area contributed by atoms with Crippen molar-refractivity contribution in [3.63, 3.8) is 0 Å². The lowest BCUT2D eigenvalue weighted by atomic mass is 10.1. The second-order valence-electron chi connectivity index (χ2n) is 3.60. The van der Waals surface area contributed by atoms with Crippen molar-refractivity contribution >= 4 is 9.84 Å². The van der Waals surface area contributed by atoms with E-state index in [0.29, 0.717) is 18.4 Å². The summed E-state index contributed by atoms with van der Waals surface area (Å²) in [5.41, 5.74) is 0.582. The smallest absolute Gasteiger partial charge is 0.175 e. The fraction of sp³-hybridized carbons (Fsp3) is 0.333. The van der Waals surface area contributed by atoms with E-state index >= 15 is 0 Å². The molecular formula is C12H14O3S. The van der Waals surface area contributed by atoms with Crippen molar-refractivity contribution in [2.45, 2.75) is 23.8 Å². The van der Waals surface area contributed by atoms with Gasteiger partial charge < -0.3 is 5.11 Å². The van der Waals surface area contributed by atoms with Crippen LogP contribution in [0.4, 0.5) is 0 Å². The van der Waals surface area contributed by atoms with E-state index in [1.807, 2.05) is 0 Å². The predicted octanol–water partition coefficient (Wildman–Crippen LogP) is 1.54. The first kappa shape index (κ1) is 12.8. The number of hydrogen-bond acceptors (Lipinski definition) is 3. The van der Waals surface area contributed by atoms with E-state index in [1.54, 1.807) is 12.1 Å². The van der Waals surface area contributed by atoms with Crippen LogP contribution in [0.25, 0.3) is 0 Å². The average molecular weight is 238 g/mol. The number of aliphatic hydroxyl groups excluding tert-OH is 1. The Hall–Kier alpha value is -1.31. The molecule has 1 N–H and O–H groups in total. The Labute approximate surface area is 96.0 Å². The molecule has 16 heavy (non-hydrogen) atoms. The quantitative estimate of drug-likeness (QED) is 0.809. The van der Waals surface area contributed by atoms with Crippen LogP contribution in [0, 0.1) is 12.3 Å². The summed E-state index contributed by atoms with van der Waals surface area (Å²) < 4.78 is 22.6. The Balaban J connectivity index is 2.96. The van der Waals surface area contributed by atoms with E-state index in [9.17, 15) is 13.5 Å². The summed E-state index contributed by atoms with van der Waals surface area (Å²) in [5.74, 6) is 2.43. The maximum Gasteiger partial charge on any atom is 0.175 e. The largest absolute Gasteiger partial charge is 0.388 e. The Bertz CT molecular complexity index is 497.